The topological polar surface area (TPSA) is 53.8 Å². The number of carbonyl (C=O) groups is 2. The van der Waals surface area contributed by atoms with Crippen LogP contribution in [0.3, 0.4) is 0 Å². The second kappa shape index (κ2) is 6.75. The molecule has 2 heterocycles. The molecule has 1 aliphatic heterocycles. The van der Waals surface area contributed by atoms with Gasteiger partial charge < -0.3 is 14.2 Å². The summed E-state index contributed by atoms with van der Waals surface area (Å²) >= 11 is 0. The van der Waals surface area contributed by atoms with Gasteiger partial charge >= 0.3 is 0 Å². The number of hydrogen-bond acceptors (Lipinski definition) is 3. The van der Waals surface area contributed by atoms with Crippen molar-refractivity contribution >= 4 is 11.8 Å². The summed E-state index contributed by atoms with van der Waals surface area (Å²) in [4.78, 5) is 28.9. The van der Waals surface area contributed by atoms with Crippen LogP contribution in [0.1, 0.15) is 35.5 Å². The second-order valence-electron chi connectivity index (χ2n) is 7.05. The summed E-state index contributed by atoms with van der Waals surface area (Å²) in [5.74, 6) is 0.330. The van der Waals surface area contributed by atoms with Crippen LogP contribution in [0.2, 0.25) is 0 Å². The molecule has 1 aromatic heterocycles. The summed E-state index contributed by atoms with van der Waals surface area (Å²) < 4.78 is 5.17. The van der Waals surface area contributed by atoms with Crippen LogP contribution in [0.5, 0.6) is 0 Å². The van der Waals surface area contributed by atoms with Crippen LogP contribution in [-0.4, -0.2) is 47.8 Å². The highest BCUT2D eigenvalue weighted by Crippen LogP contribution is 2.27. The first-order chi connectivity index (χ1) is 11.9. The van der Waals surface area contributed by atoms with Crippen molar-refractivity contribution in [3.8, 4) is 0 Å². The Bertz CT molecular complexity index is 740. The molecule has 0 saturated carbocycles. The lowest BCUT2D eigenvalue weighted by Crippen LogP contribution is -2.54. The van der Waals surface area contributed by atoms with Gasteiger partial charge in [-0.3, -0.25) is 9.59 Å². The maximum absolute atomic E-state index is 13.0. The summed E-state index contributed by atoms with van der Waals surface area (Å²) in [5, 5.41) is 0. The maximum Gasteiger partial charge on any atom is 0.289 e. The molecule has 132 valence electrons. The van der Waals surface area contributed by atoms with E-state index in [0.717, 1.165) is 5.56 Å². The zero-order valence-electron chi connectivity index (χ0n) is 15.0. The van der Waals surface area contributed by atoms with Gasteiger partial charge in [-0.15, -0.1) is 0 Å². The molecule has 0 bridgehead atoms. The molecular weight excluding hydrogens is 316 g/mol. The fourth-order valence-electron chi connectivity index (χ4n) is 3.16. The molecule has 1 fully saturated rings. The average molecular weight is 340 g/mol. The van der Waals surface area contributed by atoms with Crippen molar-refractivity contribution in [2.45, 2.75) is 26.2 Å². The Labute approximate surface area is 148 Å². The summed E-state index contributed by atoms with van der Waals surface area (Å²) in [6, 6.07) is 11.5. The molecule has 0 spiro atoms. The zero-order chi connectivity index (χ0) is 18.0. The molecule has 0 aliphatic carbocycles. The number of piperazine rings is 1. The lowest BCUT2D eigenvalue weighted by Gasteiger charge is -2.38. The highest BCUT2D eigenvalue weighted by Gasteiger charge is 2.36. The Morgan fingerprint density at radius 1 is 0.960 bits per heavy atom. The number of amides is 2. The minimum Gasteiger partial charge on any atom is -0.459 e. The van der Waals surface area contributed by atoms with Crippen LogP contribution in [-0.2, 0) is 10.2 Å². The van der Waals surface area contributed by atoms with E-state index in [1.165, 1.54) is 11.8 Å². The number of aryl methyl sites for hydroxylation is 1. The Kier molecular flexibility index (Phi) is 4.66. The molecule has 25 heavy (non-hydrogen) atoms. The van der Waals surface area contributed by atoms with Crippen molar-refractivity contribution in [2.24, 2.45) is 0 Å². The second-order valence-corrected chi connectivity index (χ2v) is 7.05. The third kappa shape index (κ3) is 3.45. The van der Waals surface area contributed by atoms with E-state index in [1.807, 2.05) is 49.9 Å². The fraction of sp³-hybridized carbons (Fsp3) is 0.400. The molecular formula is C20H24N2O3. The highest BCUT2D eigenvalue weighted by molar-refractivity contribution is 5.92. The first-order valence-corrected chi connectivity index (χ1v) is 8.59. The van der Waals surface area contributed by atoms with Crippen LogP contribution in [0.15, 0.2) is 47.1 Å². The third-order valence-electron chi connectivity index (χ3n) is 4.89. The minimum absolute atomic E-state index is 0.0986. The molecule has 5 heteroatoms. The highest BCUT2D eigenvalue weighted by atomic mass is 16.3. The Morgan fingerprint density at radius 2 is 1.56 bits per heavy atom. The normalized spacial score (nSPS) is 15.3. The van der Waals surface area contributed by atoms with Gasteiger partial charge in [0.25, 0.3) is 5.91 Å². The van der Waals surface area contributed by atoms with Crippen molar-refractivity contribution in [1.29, 1.82) is 0 Å². The van der Waals surface area contributed by atoms with E-state index in [4.69, 9.17) is 4.42 Å². The van der Waals surface area contributed by atoms with E-state index < -0.39 is 5.41 Å². The van der Waals surface area contributed by atoms with E-state index in [-0.39, 0.29) is 11.8 Å². The molecule has 2 aromatic rings. The van der Waals surface area contributed by atoms with Gasteiger partial charge in [0.1, 0.15) is 0 Å². The van der Waals surface area contributed by atoms with Gasteiger partial charge in [-0.25, -0.2) is 0 Å². The lowest BCUT2D eigenvalue weighted by atomic mass is 9.82. The first-order valence-electron chi connectivity index (χ1n) is 8.59. The SMILES string of the molecule is Cc1ccc(C(C)(C)C(=O)N2CCN(C(=O)c3ccco3)CC2)cc1. The quantitative estimate of drug-likeness (QED) is 0.863. The average Bonchev–Trinajstić information content (AvgIpc) is 3.15. The van der Waals surface area contributed by atoms with Crippen molar-refractivity contribution in [1.82, 2.24) is 9.80 Å². The number of benzene rings is 1. The van der Waals surface area contributed by atoms with Gasteiger partial charge in [-0.1, -0.05) is 29.8 Å². The predicted octanol–water partition coefficient (Wildman–Crippen LogP) is 2.85. The molecule has 0 radical (unpaired) electrons. The number of hydrogen-bond donors (Lipinski definition) is 0. The molecule has 5 nitrogen and oxygen atoms in total. The van der Waals surface area contributed by atoms with E-state index in [9.17, 15) is 9.59 Å². The Hall–Kier alpha value is -2.56. The van der Waals surface area contributed by atoms with Gasteiger partial charge in [0, 0.05) is 26.2 Å². The van der Waals surface area contributed by atoms with Crippen LogP contribution in [0, 0.1) is 6.92 Å². The first kappa shape index (κ1) is 17.3. The fourth-order valence-corrected chi connectivity index (χ4v) is 3.16. The van der Waals surface area contributed by atoms with Crippen LogP contribution < -0.4 is 0 Å². The number of furan rings is 1. The van der Waals surface area contributed by atoms with Crippen molar-refractivity contribution < 1.29 is 14.0 Å². The molecule has 3 rings (SSSR count). The Balaban J connectivity index is 1.65. The zero-order valence-corrected chi connectivity index (χ0v) is 15.0. The van der Waals surface area contributed by atoms with Gasteiger partial charge in [0.15, 0.2) is 5.76 Å². The van der Waals surface area contributed by atoms with Gasteiger partial charge in [-0.05, 0) is 38.5 Å². The molecule has 2 amide bonds. The van der Waals surface area contributed by atoms with Crippen molar-refractivity contribution in [2.75, 3.05) is 26.2 Å². The minimum atomic E-state index is -0.582. The van der Waals surface area contributed by atoms with E-state index in [1.54, 1.807) is 17.0 Å². The Morgan fingerprint density at radius 3 is 2.12 bits per heavy atom. The summed E-state index contributed by atoms with van der Waals surface area (Å²) in [7, 11) is 0. The number of carbonyl (C=O) groups excluding carboxylic acids is 2. The van der Waals surface area contributed by atoms with Crippen LogP contribution in [0.4, 0.5) is 0 Å². The summed E-state index contributed by atoms with van der Waals surface area (Å²) in [6.45, 7) is 8.08. The molecule has 1 aliphatic rings. The number of rotatable bonds is 3. The maximum atomic E-state index is 13.0. The van der Waals surface area contributed by atoms with E-state index in [2.05, 4.69) is 0 Å². The smallest absolute Gasteiger partial charge is 0.289 e. The van der Waals surface area contributed by atoms with Gasteiger partial charge in [0.2, 0.25) is 5.91 Å². The monoisotopic (exact) mass is 340 g/mol. The standard InChI is InChI=1S/C20H24N2O3/c1-15-6-8-16(9-7-15)20(2,3)19(24)22-12-10-21(11-13-22)18(23)17-5-4-14-25-17/h4-9,14H,10-13H2,1-3H3. The molecule has 0 atom stereocenters. The lowest BCUT2D eigenvalue weighted by molar-refractivity contribution is -0.137. The summed E-state index contributed by atoms with van der Waals surface area (Å²) in [6.07, 6.45) is 1.50. The van der Waals surface area contributed by atoms with Gasteiger partial charge in [0.05, 0.1) is 11.7 Å². The summed E-state index contributed by atoms with van der Waals surface area (Å²) in [5.41, 5.74) is 1.61. The van der Waals surface area contributed by atoms with E-state index >= 15 is 0 Å². The van der Waals surface area contributed by atoms with Crippen LogP contribution in [0.25, 0.3) is 0 Å². The van der Waals surface area contributed by atoms with Crippen LogP contribution >= 0.6 is 0 Å². The van der Waals surface area contributed by atoms with Crippen molar-refractivity contribution in [3.63, 3.8) is 0 Å². The molecule has 1 saturated heterocycles. The predicted molar refractivity (Wildman–Crippen MR) is 95.4 cm³/mol. The third-order valence-corrected chi connectivity index (χ3v) is 4.89. The molecule has 0 unspecified atom stereocenters. The largest absolute Gasteiger partial charge is 0.459 e. The van der Waals surface area contributed by atoms with Gasteiger partial charge in [-0.2, -0.15) is 0 Å². The van der Waals surface area contributed by atoms with E-state index in [0.29, 0.717) is 31.9 Å². The molecule has 1 aromatic carbocycles. The molecule has 0 N–H and O–H groups in total. The van der Waals surface area contributed by atoms with Crippen molar-refractivity contribution in [3.05, 3.63) is 59.5 Å². The number of nitrogens with zero attached hydrogens (tertiary/aromatic N) is 2.